The number of benzene rings is 1. The lowest BCUT2D eigenvalue weighted by molar-refractivity contribution is -0.142. The molecule has 8 heteroatoms. The lowest BCUT2D eigenvalue weighted by atomic mass is 9.80. The van der Waals surface area contributed by atoms with Crippen LogP contribution in [0.3, 0.4) is 0 Å². The van der Waals surface area contributed by atoms with Gasteiger partial charge in [0, 0.05) is 18.1 Å². The number of hydrogen-bond donors (Lipinski definition) is 3. The zero-order valence-electron chi connectivity index (χ0n) is 13.3. The average molecular weight is 354 g/mol. The summed E-state index contributed by atoms with van der Waals surface area (Å²) in [4.78, 5) is 25.4. The molecule has 0 bridgehead atoms. The minimum Gasteiger partial charge on any atom is -0.481 e. The predicted octanol–water partition coefficient (Wildman–Crippen LogP) is 1.29. The summed E-state index contributed by atoms with van der Waals surface area (Å²) in [6, 6.07) is 7.00. The zero-order chi connectivity index (χ0) is 17.7. The summed E-state index contributed by atoms with van der Waals surface area (Å²) in [5.74, 6) is -1.77. The number of aliphatic carboxylic acids is 1. The van der Waals surface area contributed by atoms with Crippen molar-refractivity contribution in [2.24, 2.45) is 11.8 Å². The van der Waals surface area contributed by atoms with Crippen molar-refractivity contribution in [2.75, 3.05) is 13.1 Å². The van der Waals surface area contributed by atoms with E-state index in [9.17, 15) is 14.7 Å². The number of carboxylic acid groups (broad SMARTS) is 1. The van der Waals surface area contributed by atoms with Crippen LogP contribution in [-0.4, -0.2) is 52.1 Å². The minimum atomic E-state index is -1.38. The van der Waals surface area contributed by atoms with Gasteiger partial charge in [0.1, 0.15) is 0 Å². The Bertz CT molecular complexity index is 580. The zero-order valence-corrected chi connectivity index (χ0v) is 14.0. The van der Waals surface area contributed by atoms with Gasteiger partial charge in [0.25, 0.3) is 0 Å². The van der Waals surface area contributed by atoms with E-state index >= 15 is 0 Å². The van der Waals surface area contributed by atoms with Crippen molar-refractivity contribution in [3.8, 4) is 0 Å². The Morgan fingerprint density at radius 3 is 2.46 bits per heavy atom. The molecule has 0 aliphatic carbocycles. The van der Waals surface area contributed by atoms with E-state index < -0.39 is 19.0 Å². The summed E-state index contributed by atoms with van der Waals surface area (Å²) >= 11 is 5.82. The third-order valence-corrected chi connectivity index (χ3v) is 4.67. The number of halogens is 1. The van der Waals surface area contributed by atoms with Crippen LogP contribution in [0.15, 0.2) is 24.3 Å². The van der Waals surface area contributed by atoms with Crippen molar-refractivity contribution in [3.05, 3.63) is 34.9 Å². The van der Waals surface area contributed by atoms with Gasteiger partial charge in [-0.3, -0.25) is 9.59 Å². The molecule has 3 N–H and O–H groups in total. The van der Waals surface area contributed by atoms with Gasteiger partial charge in [-0.1, -0.05) is 30.2 Å². The number of carboxylic acids is 1. The summed E-state index contributed by atoms with van der Waals surface area (Å²) in [6.07, 6.45) is 1.50. The molecule has 0 spiro atoms. The van der Waals surface area contributed by atoms with E-state index in [0.717, 1.165) is 5.56 Å². The number of rotatable bonds is 7. The van der Waals surface area contributed by atoms with Crippen LogP contribution >= 0.6 is 11.6 Å². The van der Waals surface area contributed by atoms with Gasteiger partial charge < -0.3 is 20.1 Å². The second-order valence-corrected chi connectivity index (χ2v) is 6.65. The van der Waals surface area contributed by atoms with Crippen LogP contribution in [0, 0.1) is 11.8 Å². The topological polar surface area (TPSA) is 98.1 Å². The summed E-state index contributed by atoms with van der Waals surface area (Å²) in [6.45, 7) is 0.596. The second kappa shape index (κ2) is 8.51. The Hall–Kier alpha value is -1.57. The molecule has 0 radical (unpaired) electrons. The van der Waals surface area contributed by atoms with Crippen LogP contribution in [-0.2, 0) is 16.0 Å². The number of amides is 1. The molecular weight excluding hydrogens is 332 g/mol. The molecule has 6 nitrogen and oxygen atoms in total. The highest BCUT2D eigenvalue weighted by Gasteiger charge is 2.39. The van der Waals surface area contributed by atoms with E-state index in [2.05, 4.69) is 0 Å². The molecule has 1 amide bonds. The van der Waals surface area contributed by atoms with Crippen LogP contribution in [0.5, 0.6) is 0 Å². The molecule has 2 rings (SSSR count). The third kappa shape index (κ3) is 5.23. The fourth-order valence-electron chi connectivity index (χ4n) is 3.10. The summed E-state index contributed by atoms with van der Waals surface area (Å²) in [5.41, 5.74) is 0.836. The maximum atomic E-state index is 12.4. The molecule has 1 aromatic rings. The number of carbonyl (C=O) groups excluding carboxylic acids is 1. The maximum Gasteiger partial charge on any atom is 0.451 e. The molecule has 0 aromatic heterocycles. The molecular formula is C16H21BClNO5. The van der Waals surface area contributed by atoms with E-state index in [0.29, 0.717) is 24.4 Å². The minimum absolute atomic E-state index is 0.103. The van der Waals surface area contributed by atoms with Crippen molar-refractivity contribution >= 4 is 30.6 Å². The first-order valence-corrected chi connectivity index (χ1v) is 8.35. The quantitative estimate of drug-likeness (QED) is 0.642. The third-order valence-electron chi connectivity index (χ3n) is 4.42. The van der Waals surface area contributed by atoms with Crippen molar-refractivity contribution in [2.45, 2.75) is 25.6 Å². The van der Waals surface area contributed by atoms with E-state index in [1.165, 1.54) is 0 Å². The first-order chi connectivity index (χ1) is 11.4. The van der Waals surface area contributed by atoms with Crippen molar-refractivity contribution in [1.82, 2.24) is 4.90 Å². The smallest absolute Gasteiger partial charge is 0.451 e. The number of hydrogen-bond acceptors (Lipinski definition) is 4. The van der Waals surface area contributed by atoms with E-state index in [4.69, 9.17) is 21.6 Å². The highest BCUT2D eigenvalue weighted by molar-refractivity contribution is 6.40. The molecule has 1 heterocycles. The largest absolute Gasteiger partial charge is 0.481 e. The van der Waals surface area contributed by atoms with Gasteiger partial charge in [0.15, 0.2) is 0 Å². The van der Waals surface area contributed by atoms with Gasteiger partial charge in [0.2, 0.25) is 5.91 Å². The molecule has 1 aliphatic rings. The van der Waals surface area contributed by atoms with Gasteiger partial charge in [-0.25, -0.2) is 0 Å². The fraction of sp³-hybridized carbons (Fsp3) is 0.500. The van der Waals surface area contributed by atoms with Crippen LogP contribution in [0.1, 0.15) is 18.4 Å². The standard InChI is InChI=1S/C16H21BClNO5/c18-13-5-3-11(4-6-13)8-15(20)19-9-12(2-1-7-17(23)24)14(10-19)16(21)22/h3-6,12,14,23-24H,1-2,7-10H2,(H,21,22). The van der Waals surface area contributed by atoms with Crippen LogP contribution < -0.4 is 0 Å². The SMILES string of the molecule is O=C(O)C1CN(C(=O)Cc2ccc(Cl)cc2)CC1CCCB(O)O. The van der Waals surface area contributed by atoms with Gasteiger partial charge in [-0.15, -0.1) is 0 Å². The van der Waals surface area contributed by atoms with Crippen LogP contribution in [0.2, 0.25) is 11.3 Å². The summed E-state index contributed by atoms with van der Waals surface area (Å²) in [5, 5.41) is 27.7. The number of nitrogens with zero attached hydrogens (tertiary/aromatic N) is 1. The highest BCUT2D eigenvalue weighted by atomic mass is 35.5. The molecule has 1 saturated heterocycles. The Morgan fingerprint density at radius 2 is 1.88 bits per heavy atom. The molecule has 130 valence electrons. The van der Waals surface area contributed by atoms with E-state index in [1.807, 2.05) is 0 Å². The Labute approximate surface area is 146 Å². The summed E-state index contributed by atoms with van der Waals surface area (Å²) in [7, 11) is -1.38. The summed E-state index contributed by atoms with van der Waals surface area (Å²) < 4.78 is 0. The molecule has 1 aromatic carbocycles. The first kappa shape index (κ1) is 18.8. The van der Waals surface area contributed by atoms with Crippen molar-refractivity contribution < 1.29 is 24.7 Å². The van der Waals surface area contributed by atoms with Crippen molar-refractivity contribution in [1.29, 1.82) is 0 Å². The number of likely N-dealkylation sites (tertiary alicyclic amines) is 1. The number of carbonyl (C=O) groups is 2. The highest BCUT2D eigenvalue weighted by Crippen LogP contribution is 2.29. The lowest BCUT2D eigenvalue weighted by Gasteiger charge is -2.16. The van der Waals surface area contributed by atoms with Gasteiger partial charge in [-0.05, 0) is 36.4 Å². The van der Waals surface area contributed by atoms with Crippen LogP contribution in [0.4, 0.5) is 0 Å². The Balaban J connectivity index is 1.94. The molecule has 2 atom stereocenters. The fourth-order valence-corrected chi connectivity index (χ4v) is 3.22. The maximum absolute atomic E-state index is 12.4. The Kier molecular flexibility index (Phi) is 6.65. The van der Waals surface area contributed by atoms with Gasteiger partial charge >= 0.3 is 13.1 Å². The molecule has 1 fully saturated rings. The second-order valence-electron chi connectivity index (χ2n) is 6.22. The van der Waals surface area contributed by atoms with Gasteiger partial charge in [0.05, 0.1) is 12.3 Å². The average Bonchev–Trinajstić information content (AvgIpc) is 2.94. The molecule has 1 aliphatic heterocycles. The van der Waals surface area contributed by atoms with Gasteiger partial charge in [-0.2, -0.15) is 0 Å². The van der Waals surface area contributed by atoms with Crippen LogP contribution in [0.25, 0.3) is 0 Å². The molecule has 24 heavy (non-hydrogen) atoms. The van der Waals surface area contributed by atoms with Crippen molar-refractivity contribution in [3.63, 3.8) is 0 Å². The monoisotopic (exact) mass is 353 g/mol. The molecule has 0 saturated carbocycles. The van der Waals surface area contributed by atoms with E-state index in [1.54, 1.807) is 29.2 Å². The predicted molar refractivity (Wildman–Crippen MR) is 90.6 cm³/mol. The van der Waals surface area contributed by atoms with E-state index in [-0.39, 0.29) is 31.1 Å². The lowest BCUT2D eigenvalue weighted by Crippen LogP contribution is -2.31. The normalized spacial score (nSPS) is 20.2. The Morgan fingerprint density at radius 1 is 1.21 bits per heavy atom. The first-order valence-electron chi connectivity index (χ1n) is 7.98. The molecule has 2 unspecified atom stereocenters.